The average molecular weight is 306 g/mol. The number of hydrogen-bond acceptors (Lipinski definition) is 3. The highest BCUT2D eigenvalue weighted by Crippen LogP contribution is 2.21. The summed E-state index contributed by atoms with van der Waals surface area (Å²) in [6.07, 6.45) is 2.63. The summed E-state index contributed by atoms with van der Waals surface area (Å²) in [6.45, 7) is 2.00. The fourth-order valence-electron chi connectivity index (χ4n) is 2.02. The minimum absolute atomic E-state index is 0.0769. The molecule has 1 aromatic heterocycles. The zero-order valence-corrected chi connectivity index (χ0v) is 11.8. The first-order valence-electron chi connectivity index (χ1n) is 5.83. The van der Waals surface area contributed by atoms with Crippen molar-refractivity contribution in [1.82, 2.24) is 10.4 Å². The van der Waals surface area contributed by atoms with Crippen molar-refractivity contribution in [2.24, 2.45) is 5.84 Å². The van der Waals surface area contributed by atoms with Crippen LogP contribution in [0, 0.1) is 6.92 Å². The number of aromatic nitrogens is 1. The van der Waals surface area contributed by atoms with Crippen LogP contribution in [0.2, 0.25) is 0 Å². The number of nitrogens with two attached hydrogens (primary N) is 1. The van der Waals surface area contributed by atoms with Crippen molar-refractivity contribution in [1.29, 1.82) is 0 Å². The highest BCUT2D eigenvalue weighted by molar-refractivity contribution is 9.10. The fourth-order valence-corrected chi connectivity index (χ4v) is 2.47. The molecule has 2 rings (SSSR count). The number of aryl methyl sites for hydroxylation is 1. The zero-order chi connectivity index (χ0) is 13.0. The highest BCUT2D eigenvalue weighted by Gasteiger charge is 2.13. The Kier molecular flexibility index (Phi) is 4.47. The van der Waals surface area contributed by atoms with Gasteiger partial charge in [0.15, 0.2) is 0 Å². The lowest BCUT2D eigenvalue weighted by atomic mass is 9.98. The average Bonchev–Trinajstić information content (AvgIpc) is 2.37. The van der Waals surface area contributed by atoms with Gasteiger partial charge in [-0.2, -0.15) is 0 Å². The van der Waals surface area contributed by atoms with Gasteiger partial charge in [0.1, 0.15) is 0 Å². The molecule has 1 unspecified atom stereocenters. The standard InChI is InChI=1S/C14H16BrN3/c1-10-13(6-3-7-17-10)14(18-16)9-11-4-2-5-12(15)8-11/h2-8,14,18H,9,16H2,1H3. The molecule has 1 aromatic carbocycles. The van der Waals surface area contributed by atoms with E-state index in [-0.39, 0.29) is 6.04 Å². The Morgan fingerprint density at radius 3 is 2.83 bits per heavy atom. The summed E-state index contributed by atoms with van der Waals surface area (Å²) in [4.78, 5) is 4.30. The minimum Gasteiger partial charge on any atom is -0.271 e. The Morgan fingerprint density at radius 2 is 2.17 bits per heavy atom. The summed E-state index contributed by atoms with van der Waals surface area (Å²) in [5.74, 6) is 5.67. The Labute approximate surface area is 116 Å². The van der Waals surface area contributed by atoms with Crippen molar-refractivity contribution in [3.63, 3.8) is 0 Å². The number of nitrogens with one attached hydrogen (secondary N) is 1. The van der Waals surface area contributed by atoms with Crippen LogP contribution in [0.25, 0.3) is 0 Å². The summed E-state index contributed by atoms with van der Waals surface area (Å²) < 4.78 is 1.08. The lowest BCUT2D eigenvalue weighted by molar-refractivity contribution is 0.547. The molecular weight excluding hydrogens is 290 g/mol. The largest absolute Gasteiger partial charge is 0.271 e. The van der Waals surface area contributed by atoms with Crippen molar-refractivity contribution in [3.8, 4) is 0 Å². The van der Waals surface area contributed by atoms with E-state index >= 15 is 0 Å². The van der Waals surface area contributed by atoms with Crippen molar-refractivity contribution in [2.45, 2.75) is 19.4 Å². The van der Waals surface area contributed by atoms with Crippen LogP contribution < -0.4 is 11.3 Å². The van der Waals surface area contributed by atoms with E-state index in [1.165, 1.54) is 5.56 Å². The molecule has 1 atom stereocenters. The number of benzene rings is 1. The molecule has 4 heteroatoms. The van der Waals surface area contributed by atoms with E-state index in [1.54, 1.807) is 6.20 Å². The SMILES string of the molecule is Cc1ncccc1C(Cc1cccc(Br)c1)NN. The molecule has 3 nitrogen and oxygen atoms in total. The van der Waals surface area contributed by atoms with E-state index in [0.29, 0.717) is 0 Å². The van der Waals surface area contributed by atoms with E-state index in [9.17, 15) is 0 Å². The molecule has 0 aliphatic rings. The molecule has 18 heavy (non-hydrogen) atoms. The molecule has 0 spiro atoms. The quantitative estimate of drug-likeness (QED) is 0.674. The van der Waals surface area contributed by atoms with E-state index in [1.807, 2.05) is 25.1 Å². The molecule has 3 N–H and O–H groups in total. The Morgan fingerprint density at radius 1 is 1.33 bits per heavy atom. The number of halogens is 1. The van der Waals surface area contributed by atoms with Gasteiger partial charge in [-0.25, -0.2) is 0 Å². The second kappa shape index (κ2) is 6.09. The lowest BCUT2D eigenvalue weighted by Gasteiger charge is -2.18. The van der Waals surface area contributed by atoms with Gasteiger partial charge < -0.3 is 0 Å². The van der Waals surface area contributed by atoms with Crippen molar-refractivity contribution in [3.05, 3.63) is 63.9 Å². The van der Waals surface area contributed by atoms with Crippen LogP contribution in [0.15, 0.2) is 47.1 Å². The molecule has 2 aromatic rings. The number of hydrazine groups is 1. The van der Waals surface area contributed by atoms with Crippen molar-refractivity contribution < 1.29 is 0 Å². The van der Waals surface area contributed by atoms with Gasteiger partial charge in [0.25, 0.3) is 0 Å². The fraction of sp³-hybridized carbons (Fsp3) is 0.214. The molecule has 0 saturated heterocycles. The van der Waals surface area contributed by atoms with E-state index < -0.39 is 0 Å². The van der Waals surface area contributed by atoms with Crippen LogP contribution in [0.3, 0.4) is 0 Å². The Hall–Kier alpha value is -1.23. The van der Waals surface area contributed by atoms with Gasteiger partial charge in [0.2, 0.25) is 0 Å². The van der Waals surface area contributed by atoms with Crippen molar-refractivity contribution in [2.75, 3.05) is 0 Å². The molecule has 0 amide bonds. The molecule has 0 fully saturated rings. The third-order valence-electron chi connectivity index (χ3n) is 2.95. The van der Waals surface area contributed by atoms with Gasteiger partial charge in [-0.3, -0.25) is 16.3 Å². The first-order valence-corrected chi connectivity index (χ1v) is 6.62. The zero-order valence-electron chi connectivity index (χ0n) is 10.2. The monoisotopic (exact) mass is 305 g/mol. The number of nitrogens with zero attached hydrogens (tertiary/aromatic N) is 1. The van der Waals surface area contributed by atoms with Crippen LogP contribution in [-0.4, -0.2) is 4.98 Å². The summed E-state index contributed by atoms with van der Waals surface area (Å²) in [5, 5.41) is 0. The minimum atomic E-state index is 0.0769. The predicted octanol–water partition coefficient (Wildman–Crippen LogP) is 2.90. The van der Waals surface area contributed by atoms with Gasteiger partial charge in [0, 0.05) is 16.4 Å². The van der Waals surface area contributed by atoms with Gasteiger partial charge in [-0.15, -0.1) is 0 Å². The van der Waals surface area contributed by atoms with Gasteiger partial charge in [0.05, 0.1) is 6.04 Å². The second-order valence-electron chi connectivity index (χ2n) is 4.23. The summed E-state index contributed by atoms with van der Waals surface area (Å²) in [7, 11) is 0. The molecule has 0 saturated carbocycles. The number of pyridine rings is 1. The molecule has 0 bridgehead atoms. The first-order chi connectivity index (χ1) is 8.70. The van der Waals surface area contributed by atoms with Gasteiger partial charge in [-0.1, -0.05) is 34.1 Å². The third kappa shape index (κ3) is 3.16. The maximum absolute atomic E-state index is 5.67. The predicted molar refractivity (Wildman–Crippen MR) is 76.9 cm³/mol. The normalized spacial score (nSPS) is 12.4. The second-order valence-corrected chi connectivity index (χ2v) is 5.15. The van der Waals surface area contributed by atoms with E-state index in [0.717, 1.165) is 22.2 Å². The number of hydrogen-bond donors (Lipinski definition) is 2. The maximum atomic E-state index is 5.67. The van der Waals surface area contributed by atoms with Crippen LogP contribution in [0.4, 0.5) is 0 Å². The molecule has 94 valence electrons. The Balaban J connectivity index is 2.23. The summed E-state index contributed by atoms with van der Waals surface area (Å²) >= 11 is 3.48. The Bertz CT molecular complexity index is 528. The number of rotatable bonds is 4. The van der Waals surface area contributed by atoms with Gasteiger partial charge in [-0.05, 0) is 42.7 Å². The van der Waals surface area contributed by atoms with Crippen LogP contribution in [0.5, 0.6) is 0 Å². The summed E-state index contributed by atoms with van der Waals surface area (Å²) in [5.41, 5.74) is 6.25. The molecule has 1 heterocycles. The molecular formula is C14H16BrN3. The van der Waals surface area contributed by atoms with Crippen LogP contribution >= 0.6 is 15.9 Å². The van der Waals surface area contributed by atoms with Crippen molar-refractivity contribution >= 4 is 15.9 Å². The lowest BCUT2D eigenvalue weighted by Crippen LogP contribution is -2.30. The van der Waals surface area contributed by atoms with Crippen LogP contribution in [-0.2, 0) is 6.42 Å². The van der Waals surface area contributed by atoms with Crippen LogP contribution in [0.1, 0.15) is 22.9 Å². The van der Waals surface area contributed by atoms with E-state index in [2.05, 4.69) is 44.5 Å². The third-order valence-corrected chi connectivity index (χ3v) is 3.45. The maximum Gasteiger partial charge on any atom is 0.0518 e. The first kappa shape index (κ1) is 13.2. The molecule has 0 radical (unpaired) electrons. The van der Waals surface area contributed by atoms with Gasteiger partial charge >= 0.3 is 0 Å². The molecule has 0 aliphatic heterocycles. The topological polar surface area (TPSA) is 50.9 Å². The highest BCUT2D eigenvalue weighted by atomic mass is 79.9. The smallest absolute Gasteiger partial charge is 0.0518 e. The van der Waals surface area contributed by atoms with E-state index in [4.69, 9.17) is 5.84 Å². The molecule has 0 aliphatic carbocycles. The summed E-state index contributed by atoms with van der Waals surface area (Å²) in [6, 6.07) is 12.3.